The molecule has 8 aromatic carbocycles. The minimum atomic E-state index is -0.181. The molecule has 142 heavy (non-hydrogen) atoms. The van der Waals surface area contributed by atoms with E-state index in [0.29, 0.717) is 32.0 Å². The molecule has 0 atom stereocenters. The Morgan fingerprint density at radius 1 is 0.465 bits per heavy atom. The molecule has 0 bridgehead atoms. The predicted molar refractivity (Wildman–Crippen MR) is 626 cm³/mol. The molecule has 8 aromatic heterocycles. The number of aliphatic imine (C=N–C) groups is 1. The summed E-state index contributed by atoms with van der Waals surface area (Å²) < 4.78 is 2.07. The Bertz CT molecular complexity index is 4680. The first kappa shape index (κ1) is 164. The van der Waals surface area contributed by atoms with Crippen LogP contribution in [0.1, 0.15) is 155 Å². The molecule has 0 radical (unpaired) electrons. The number of H-pyrrole nitrogens is 3. The van der Waals surface area contributed by atoms with Gasteiger partial charge in [-0.1, -0.05) is 446 Å². The maximum absolute atomic E-state index is 11.3. The molecule has 0 aliphatic carbocycles. The van der Waals surface area contributed by atoms with Crippen LogP contribution < -0.4 is 136 Å². The number of fused-ring (bicyclic) bond motifs is 3. The van der Waals surface area contributed by atoms with Crippen LogP contribution in [0.2, 0.25) is 0 Å². The molecule has 0 saturated heterocycles. The van der Waals surface area contributed by atoms with Crippen molar-refractivity contribution in [3.8, 4) is 12.1 Å². The molecule has 0 amide bonds. The van der Waals surface area contributed by atoms with E-state index >= 15 is 0 Å². The molecule has 0 aliphatic heterocycles. The zero-order valence-corrected chi connectivity index (χ0v) is 101. The summed E-state index contributed by atoms with van der Waals surface area (Å²) in [5, 5.41) is 33.1. The van der Waals surface area contributed by atoms with E-state index in [1.54, 1.807) is 34.8 Å². The number of halogens is 5. The van der Waals surface area contributed by atoms with Crippen molar-refractivity contribution in [3.05, 3.63) is 430 Å². The number of nitrogens with one attached hydrogen (secondary N) is 3. The third kappa shape index (κ3) is 115. The molecule has 8 heterocycles. The molecular weight excluding hydrogens is 2050 g/mol. The van der Waals surface area contributed by atoms with Gasteiger partial charge in [0, 0.05) is 39.0 Å². The number of thiophene rings is 5. The van der Waals surface area contributed by atoms with Crippen molar-refractivity contribution in [2.24, 2.45) is 10.7 Å². The standard InChI is InChI=1S/C8H8N2OS.C7H5ClN2OS.C7H9ClN2S.C6H4N2OS.8C6H6.C5H7NS.C3H2ClN.C3H3ClO.C2H2ClN.C2H6S.8C2H6.CH2O3.CH2O.CH4.2K.H/c1-2-6-9-5-3-4-12-7(5)8(11)10-6;8-3-5-9-4-1-2-12-6(4)7(11)10-5;1-5-6(2-3-11-5)10-7(9)4-8;9-6-5-4(1-2-10-5)7-3-8-6;8*1-2-4-6-5-3-1;1-4-5(6)2-3-7-4;2*4-2-1-3-5;3-1-2-4;1-2-3;8*1-2;2-1-4-3;1-2;;;;/h3-4H,2H2,1H3,(H,9,10,11);1-2H,3H2,(H,9,10,11);2-3H,4H2,1H3,(H2,9,10);1-3H,(H,7,8,9);8*1-6H;2-3H,6H2,1H3;1-2H;1-3H;1H2;3H,2H2,1H3;8*1-2H3;1,3H;1H2;1H4;;;/q;;;;;;;;;;;;;;;;;;;;;;;;;;;;2*+1;-1/p-1/b;;;;;;;;;;;;;2*2-1-;;;;;;;;;;;;;;;;. The number of anilines is 1. The number of hydrogen-bond donors (Lipinski definition) is 6. The Morgan fingerprint density at radius 3 is 0.894 bits per heavy atom. The number of allylic oxidation sites excluding steroid dienone is 2. The maximum atomic E-state index is 11.3. The fraction of sp³-hybridized carbons (Fsp3) is 0.236. The molecule has 19 nitrogen and oxygen atoms in total. The Labute approximate surface area is 986 Å². The van der Waals surface area contributed by atoms with Gasteiger partial charge in [0.15, 0.2) is 0 Å². The molecule has 32 heteroatoms. The summed E-state index contributed by atoms with van der Waals surface area (Å²) in [5.74, 6) is 3.31. The van der Waals surface area contributed by atoms with Gasteiger partial charge < -0.3 is 42.8 Å². The van der Waals surface area contributed by atoms with Crippen LogP contribution in [0.25, 0.3) is 30.6 Å². The quantitative estimate of drug-likeness (QED) is 0.00861. The van der Waals surface area contributed by atoms with E-state index in [-0.39, 0.29) is 152 Å². The summed E-state index contributed by atoms with van der Waals surface area (Å²) in [6.45, 7) is 41.8. The number of carbonyl (C=O) groups excluding carboxylic acids is 3. The van der Waals surface area contributed by atoms with Gasteiger partial charge in [-0.2, -0.15) is 23.2 Å². The van der Waals surface area contributed by atoms with Gasteiger partial charge in [-0.05, 0) is 82.9 Å². The average Bonchev–Trinajstić information content (AvgIpc) is 1.71. The normalized spacial score (nSPS) is 8.02. The number of aromatic amines is 3. The molecule has 766 valence electrons. The van der Waals surface area contributed by atoms with Gasteiger partial charge >= 0.3 is 103 Å². The molecule has 0 unspecified atom stereocenters. The van der Waals surface area contributed by atoms with E-state index in [1.807, 2.05) is 494 Å². The number of aldehydes is 1. The van der Waals surface area contributed by atoms with Gasteiger partial charge in [0.2, 0.25) is 0 Å². The van der Waals surface area contributed by atoms with Gasteiger partial charge in [0.1, 0.15) is 50.5 Å². The molecule has 16 aromatic rings. The monoisotopic (exact) mass is 2200 g/mol. The third-order valence-corrected chi connectivity index (χ3v) is 17.6. The Hall–Kier alpha value is -8.75. The number of thiol groups is 1. The van der Waals surface area contributed by atoms with Crippen molar-refractivity contribution in [2.75, 3.05) is 23.2 Å². The first-order valence-corrected chi connectivity index (χ1v) is 51.6. The van der Waals surface area contributed by atoms with Crippen LogP contribution in [0, 0.1) is 36.5 Å². The van der Waals surface area contributed by atoms with Crippen LogP contribution in [-0.2, 0) is 31.6 Å². The number of carbonyl (C=O) groups is 3. The van der Waals surface area contributed by atoms with Crippen molar-refractivity contribution in [3.63, 3.8) is 0 Å². The first-order valence-electron chi connectivity index (χ1n) is 44.1. The van der Waals surface area contributed by atoms with Crippen LogP contribution in [0.15, 0.2) is 397 Å². The summed E-state index contributed by atoms with van der Waals surface area (Å²) in [4.78, 5) is 88.7. The van der Waals surface area contributed by atoms with E-state index in [4.69, 9.17) is 94.8 Å². The second-order valence-electron chi connectivity index (χ2n) is 21.1. The summed E-state index contributed by atoms with van der Waals surface area (Å²) in [6, 6.07) is 109. The van der Waals surface area contributed by atoms with Gasteiger partial charge in [-0.3, -0.25) is 24.0 Å². The zero-order chi connectivity index (χ0) is 107. The summed E-state index contributed by atoms with van der Waals surface area (Å²) >= 11 is 37.0. The van der Waals surface area contributed by atoms with Gasteiger partial charge in [0.05, 0.1) is 52.5 Å². The second-order valence-corrected chi connectivity index (χ2v) is 28.0. The van der Waals surface area contributed by atoms with E-state index < -0.39 is 0 Å². The molecular formula is C110H150Cl5K2N11O8S6. The largest absolute Gasteiger partial charge is 1.00 e. The van der Waals surface area contributed by atoms with Gasteiger partial charge in [-0.25, -0.2) is 19.9 Å². The number of nitrogens with zero attached hydrogens (tertiary/aromatic N) is 6. The van der Waals surface area contributed by atoms with Gasteiger partial charge in [-0.15, -0.1) is 91.5 Å². The number of hydrogen-bond acceptors (Lipinski definition) is 21. The van der Waals surface area contributed by atoms with Crippen molar-refractivity contribution >= 4 is 195 Å². The molecule has 7 N–H and O–H groups in total. The van der Waals surface area contributed by atoms with Crippen molar-refractivity contribution in [1.29, 1.82) is 10.5 Å². The van der Waals surface area contributed by atoms with E-state index in [1.165, 1.54) is 62.9 Å². The number of aryl methyl sites for hydroxylation is 3. The SMILES string of the molecule is C.C=O.CC.CC.CC.CC.CC.CC.CC.CC.CCS.CCc1nc2ccsc2c(=O)[nH]1.Cc1sccc1N.Cc1sccc1N=C(N)CCl.N#C/C=C\Cl.N#CCCl.O=C/C=C\Cl.O=CO[O-].O=c1[nH]c(CCl)nc2ccsc12.O=c1[nH]cnc2ccsc12.[H-].[K+].[K+].c1ccccc1.c1ccccc1.c1ccccc1.c1ccccc1.c1ccccc1.c1ccccc1.c1ccccc1.c1ccccc1. The molecule has 16 rings (SSSR count). The Kier molecular flexibility index (Phi) is 170. The van der Waals surface area contributed by atoms with Crippen LogP contribution >= 0.6 is 127 Å². The summed E-state index contributed by atoms with van der Waals surface area (Å²) in [5.41, 5.74) is 17.2. The summed E-state index contributed by atoms with van der Waals surface area (Å²) in [7, 11) is 0. The molecule has 0 saturated carbocycles. The number of nitrogen functional groups attached to an aromatic ring is 1. The number of alkyl halides is 3. The van der Waals surface area contributed by atoms with E-state index in [9.17, 15) is 19.2 Å². The minimum absolute atomic E-state index is 0. The first-order chi connectivity index (χ1) is 68.1. The number of nitriles is 2. The topological polar surface area (TPSA) is 333 Å². The van der Waals surface area contributed by atoms with Crippen molar-refractivity contribution in [1.82, 2.24) is 29.9 Å². The molecule has 0 aliphatic rings. The number of rotatable bonds is 6. The van der Waals surface area contributed by atoms with E-state index in [0.717, 1.165) is 56.3 Å². The Balaban J connectivity index is -0.0000000931. The fourth-order valence-corrected chi connectivity index (χ4v) is 10.8. The Morgan fingerprint density at radius 2 is 0.718 bits per heavy atom. The van der Waals surface area contributed by atoms with Crippen LogP contribution in [0.4, 0.5) is 11.4 Å². The van der Waals surface area contributed by atoms with Crippen LogP contribution in [-0.4, -0.2) is 72.8 Å². The second kappa shape index (κ2) is 148. The number of benzene rings is 8. The summed E-state index contributed by atoms with van der Waals surface area (Å²) in [6.07, 6.45) is 5.20. The number of amidine groups is 1. The van der Waals surface area contributed by atoms with Crippen molar-refractivity contribution < 1.29 is 129 Å². The van der Waals surface area contributed by atoms with Gasteiger partial charge in [0.25, 0.3) is 23.2 Å². The molecule has 0 fully saturated rings. The zero-order valence-electron chi connectivity index (χ0n) is 86.8. The number of aromatic nitrogens is 6. The van der Waals surface area contributed by atoms with Crippen molar-refractivity contribution in [2.45, 2.75) is 158 Å². The smallest absolute Gasteiger partial charge is 1.00 e. The number of nitrogens with two attached hydrogens (primary N) is 2. The average molecular weight is 2200 g/mol. The van der Waals surface area contributed by atoms with E-state index in [2.05, 4.69) is 52.4 Å². The van der Waals surface area contributed by atoms with Crippen LogP contribution in [0.5, 0.6) is 0 Å². The third-order valence-electron chi connectivity index (χ3n) is 12.3. The van der Waals surface area contributed by atoms with Crippen LogP contribution in [0.3, 0.4) is 0 Å². The predicted octanol–water partition coefficient (Wildman–Crippen LogP) is 26.8. The maximum Gasteiger partial charge on any atom is 1.00 e. The fourth-order valence-electron chi connectivity index (χ4n) is 7.08. The minimum Gasteiger partial charge on any atom is -1.00 e. The molecule has 0 spiro atoms.